The van der Waals surface area contributed by atoms with E-state index < -0.39 is 11.0 Å². The molecule has 2 aromatic rings. The van der Waals surface area contributed by atoms with E-state index in [1.165, 1.54) is 23.9 Å². The van der Waals surface area contributed by atoms with E-state index in [0.717, 1.165) is 15.5 Å². The largest absolute Gasteiger partial charge is 0.389 e. The predicted molar refractivity (Wildman–Crippen MR) is 72.1 cm³/mol. The van der Waals surface area contributed by atoms with E-state index in [0.29, 0.717) is 0 Å². The molecular weight excluding hydrogens is 264 g/mol. The summed E-state index contributed by atoms with van der Waals surface area (Å²) in [6.45, 7) is 1.69. The first-order valence-electron chi connectivity index (χ1n) is 5.62. The zero-order chi connectivity index (χ0) is 13.8. The highest BCUT2D eigenvalue weighted by Gasteiger charge is 2.07. The van der Waals surface area contributed by atoms with Crippen molar-refractivity contribution in [2.24, 2.45) is 0 Å². The minimum atomic E-state index is -0.542. The quantitative estimate of drug-likeness (QED) is 0.685. The number of hydrogen-bond donors (Lipinski definition) is 1. The number of aliphatic hydroxyl groups excluding tert-OH is 1. The summed E-state index contributed by atoms with van der Waals surface area (Å²) >= 11 is 1.39. The normalized spacial score (nSPS) is 12.1. The van der Waals surface area contributed by atoms with Gasteiger partial charge in [-0.05, 0) is 36.8 Å². The standard InChI is InChI=1S/C13H12N2O3S/c1-9(16)10-6-7-14-13(8-10)19-12-4-2-11(3-5-12)15(17)18/h2-9,16H,1H3/t9-/m1/s1. The van der Waals surface area contributed by atoms with Crippen molar-refractivity contribution >= 4 is 17.4 Å². The van der Waals surface area contributed by atoms with Crippen LogP contribution in [0.3, 0.4) is 0 Å². The summed E-state index contributed by atoms with van der Waals surface area (Å²) in [4.78, 5) is 15.2. The van der Waals surface area contributed by atoms with Crippen LogP contribution in [-0.4, -0.2) is 15.0 Å². The summed E-state index contributed by atoms with van der Waals surface area (Å²) in [5.41, 5.74) is 0.856. The Morgan fingerprint density at radius 2 is 2.00 bits per heavy atom. The van der Waals surface area contributed by atoms with Gasteiger partial charge in [0.05, 0.1) is 11.0 Å². The van der Waals surface area contributed by atoms with Crippen LogP contribution in [0.2, 0.25) is 0 Å². The van der Waals surface area contributed by atoms with E-state index in [2.05, 4.69) is 4.98 Å². The highest BCUT2D eigenvalue weighted by atomic mass is 32.2. The molecule has 0 unspecified atom stereocenters. The first kappa shape index (κ1) is 13.5. The molecule has 19 heavy (non-hydrogen) atoms. The van der Waals surface area contributed by atoms with Crippen molar-refractivity contribution in [1.82, 2.24) is 4.98 Å². The molecule has 0 amide bonds. The lowest BCUT2D eigenvalue weighted by molar-refractivity contribution is -0.384. The van der Waals surface area contributed by atoms with Crippen molar-refractivity contribution in [2.45, 2.75) is 22.9 Å². The van der Waals surface area contributed by atoms with Crippen LogP contribution in [-0.2, 0) is 0 Å². The summed E-state index contributed by atoms with van der Waals surface area (Å²) < 4.78 is 0. The van der Waals surface area contributed by atoms with E-state index in [1.807, 2.05) is 0 Å². The molecule has 0 bridgehead atoms. The van der Waals surface area contributed by atoms with Gasteiger partial charge in [0.1, 0.15) is 5.03 Å². The van der Waals surface area contributed by atoms with Crippen LogP contribution >= 0.6 is 11.8 Å². The van der Waals surface area contributed by atoms with Gasteiger partial charge in [-0.1, -0.05) is 11.8 Å². The van der Waals surface area contributed by atoms with Crippen LogP contribution in [0.25, 0.3) is 0 Å². The van der Waals surface area contributed by atoms with Gasteiger partial charge < -0.3 is 5.11 Å². The molecule has 0 radical (unpaired) electrons. The smallest absolute Gasteiger partial charge is 0.269 e. The maximum atomic E-state index is 10.5. The fourth-order valence-corrected chi connectivity index (χ4v) is 2.32. The van der Waals surface area contributed by atoms with E-state index in [1.54, 1.807) is 37.4 Å². The first-order chi connectivity index (χ1) is 9.06. The molecular formula is C13H12N2O3S. The van der Waals surface area contributed by atoms with Crippen molar-refractivity contribution in [3.05, 3.63) is 58.3 Å². The van der Waals surface area contributed by atoms with Gasteiger partial charge in [0.15, 0.2) is 0 Å². The molecule has 6 heteroatoms. The summed E-state index contributed by atoms with van der Waals surface area (Å²) in [6.07, 6.45) is 1.09. The topological polar surface area (TPSA) is 76.3 Å². The van der Waals surface area contributed by atoms with Crippen LogP contribution in [0.5, 0.6) is 0 Å². The second-order valence-corrected chi connectivity index (χ2v) is 5.05. The maximum absolute atomic E-state index is 10.5. The third kappa shape index (κ3) is 3.52. The molecule has 98 valence electrons. The summed E-state index contributed by atoms with van der Waals surface area (Å²) in [5.74, 6) is 0. The third-order valence-corrected chi connectivity index (χ3v) is 3.45. The summed E-state index contributed by atoms with van der Waals surface area (Å²) in [7, 11) is 0. The Hall–Kier alpha value is -1.92. The lowest BCUT2D eigenvalue weighted by atomic mass is 10.2. The lowest BCUT2D eigenvalue weighted by Crippen LogP contribution is -1.92. The van der Waals surface area contributed by atoms with Gasteiger partial charge in [-0.2, -0.15) is 0 Å². The molecule has 1 atom stereocenters. The molecule has 1 heterocycles. The van der Waals surface area contributed by atoms with E-state index in [4.69, 9.17) is 0 Å². The number of rotatable bonds is 4. The number of benzene rings is 1. The van der Waals surface area contributed by atoms with E-state index in [9.17, 15) is 15.2 Å². The minimum Gasteiger partial charge on any atom is -0.389 e. The van der Waals surface area contributed by atoms with Gasteiger partial charge in [-0.15, -0.1) is 0 Å². The Bertz CT molecular complexity index is 585. The number of hydrogen-bond acceptors (Lipinski definition) is 5. The predicted octanol–water partition coefficient (Wildman–Crippen LogP) is 3.19. The molecule has 0 spiro atoms. The van der Waals surface area contributed by atoms with Gasteiger partial charge in [0.25, 0.3) is 5.69 Å². The summed E-state index contributed by atoms with van der Waals surface area (Å²) in [6, 6.07) is 9.84. The summed E-state index contributed by atoms with van der Waals surface area (Å²) in [5, 5.41) is 20.8. The monoisotopic (exact) mass is 276 g/mol. The molecule has 0 aliphatic rings. The Labute approximate surface area is 114 Å². The SMILES string of the molecule is C[C@@H](O)c1ccnc(Sc2ccc([N+](=O)[O-])cc2)c1. The zero-order valence-corrected chi connectivity index (χ0v) is 11.0. The molecule has 0 aliphatic carbocycles. The molecule has 0 fully saturated rings. The van der Waals surface area contributed by atoms with E-state index in [-0.39, 0.29) is 5.69 Å². The fourth-order valence-electron chi connectivity index (χ4n) is 1.50. The van der Waals surface area contributed by atoms with Crippen molar-refractivity contribution in [2.75, 3.05) is 0 Å². The average Bonchev–Trinajstić information content (AvgIpc) is 2.39. The molecule has 0 aliphatic heterocycles. The third-order valence-electron chi connectivity index (χ3n) is 2.51. The number of nitrogens with zero attached hydrogens (tertiary/aromatic N) is 2. The highest BCUT2D eigenvalue weighted by molar-refractivity contribution is 7.99. The lowest BCUT2D eigenvalue weighted by Gasteiger charge is -2.06. The number of pyridine rings is 1. The second kappa shape index (κ2) is 5.81. The Balaban J connectivity index is 2.16. The molecule has 0 saturated heterocycles. The molecule has 2 rings (SSSR count). The van der Waals surface area contributed by atoms with Crippen LogP contribution in [0, 0.1) is 10.1 Å². The van der Waals surface area contributed by atoms with Crippen LogP contribution in [0.15, 0.2) is 52.5 Å². The van der Waals surface area contributed by atoms with Crippen molar-refractivity contribution in [1.29, 1.82) is 0 Å². The van der Waals surface area contributed by atoms with Crippen molar-refractivity contribution < 1.29 is 10.0 Å². The van der Waals surface area contributed by atoms with Crippen LogP contribution < -0.4 is 0 Å². The number of aliphatic hydroxyl groups is 1. The molecule has 1 N–H and O–H groups in total. The van der Waals surface area contributed by atoms with Gasteiger partial charge in [0.2, 0.25) is 0 Å². The molecule has 1 aromatic carbocycles. The Morgan fingerprint density at radius 1 is 1.32 bits per heavy atom. The fraction of sp³-hybridized carbons (Fsp3) is 0.154. The zero-order valence-electron chi connectivity index (χ0n) is 10.2. The average molecular weight is 276 g/mol. The highest BCUT2D eigenvalue weighted by Crippen LogP contribution is 2.28. The van der Waals surface area contributed by atoms with Gasteiger partial charge in [-0.25, -0.2) is 4.98 Å². The van der Waals surface area contributed by atoms with Gasteiger partial charge in [-0.3, -0.25) is 10.1 Å². The van der Waals surface area contributed by atoms with Gasteiger partial charge in [0, 0.05) is 23.2 Å². The van der Waals surface area contributed by atoms with Crippen LogP contribution in [0.1, 0.15) is 18.6 Å². The number of nitro benzene ring substituents is 1. The van der Waals surface area contributed by atoms with Crippen LogP contribution in [0.4, 0.5) is 5.69 Å². The Morgan fingerprint density at radius 3 is 2.58 bits per heavy atom. The molecule has 5 nitrogen and oxygen atoms in total. The van der Waals surface area contributed by atoms with Gasteiger partial charge >= 0.3 is 0 Å². The Kier molecular flexibility index (Phi) is 4.13. The van der Waals surface area contributed by atoms with Crippen molar-refractivity contribution in [3.63, 3.8) is 0 Å². The number of non-ortho nitro benzene ring substituents is 1. The number of aromatic nitrogens is 1. The molecule has 0 saturated carbocycles. The first-order valence-corrected chi connectivity index (χ1v) is 6.44. The van der Waals surface area contributed by atoms with E-state index >= 15 is 0 Å². The molecule has 1 aromatic heterocycles. The number of nitro groups is 1. The maximum Gasteiger partial charge on any atom is 0.269 e. The second-order valence-electron chi connectivity index (χ2n) is 3.96. The minimum absolute atomic E-state index is 0.0649. The van der Waals surface area contributed by atoms with Crippen molar-refractivity contribution in [3.8, 4) is 0 Å².